The largest absolute Gasteiger partial charge is 0.383 e. The Bertz CT molecular complexity index is 1070. The van der Waals surface area contributed by atoms with Crippen LogP contribution in [0, 0.1) is 0 Å². The molecule has 0 atom stereocenters. The molecule has 9 heteroatoms. The molecule has 1 aromatic carbocycles. The summed E-state index contributed by atoms with van der Waals surface area (Å²) in [6.07, 6.45) is 5.19. The first-order valence-electron chi connectivity index (χ1n) is 11.8. The number of nitrogens with zero attached hydrogens (tertiary/aromatic N) is 3. The van der Waals surface area contributed by atoms with Gasteiger partial charge in [0.2, 0.25) is 5.91 Å². The van der Waals surface area contributed by atoms with Gasteiger partial charge in [0, 0.05) is 24.2 Å². The highest BCUT2D eigenvalue weighted by molar-refractivity contribution is 6.31. The Morgan fingerprint density at radius 1 is 1.21 bits per heavy atom. The molecule has 180 valence electrons. The van der Waals surface area contributed by atoms with Crippen molar-refractivity contribution in [2.24, 2.45) is 0 Å². The van der Waals surface area contributed by atoms with Crippen molar-refractivity contribution >= 4 is 29.0 Å². The first-order chi connectivity index (χ1) is 15.9. The molecule has 0 bridgehead atoms. The van der Waals surface area contributed by atoms with E-state index >= 15 is 0 Å². The van der Waals surface area contributed by atoms with Crippen LogP contribution < -0.4 is 21.9 Å². The van der Waals surface area contributed by atoms with E-state index < -0.39 is 11.2 Å². The number of hydrogen-bond acceptors (Lipinski definition) is 5. The van der Waals surface area contributed by atoms with Gasteiger partial charge in [-0.1, -0.05) is 62.9 Å². The Balaban J connectivity index is 1.95. The third kappa shape index (κ3) is 5.86. The highest BCUT2D eigenvalue weighted by Crippen LogP contribution is 2.29. The summed E-state index contributed by atoms with van der Waals surface area (Å²) in [4.78, 5) is 44.9. The number of nitrogen functional groups attached to an aromatic ring is 1. The number of hydrogen-bond donors (Lipinski definition) is 2. The lowest BCUT2D eigenvalue weighted by Crippen LogP contribution is -2.49. The Kier molecular flexibility index (Phi) is 8.74. The molecule has 2 aromatic rings. The van der Waals surface area contributed by atoms with Gasteiger partial charge in [0.05, 0.1) is 6.54 Å². The molecular weight excluding hydrogens is 442 g/mol. The number of anilines is 2. The quantitative estimate of drug-likeness (QED) is 0.548. The number of rotatable bonds is 10. The molecule has 0 saturated heterocycles. The summed E-state index contributed by atoms with van der Waals surface area (Å²) in [5, 5.41) is 0.653. The van der Waals surface area contributed by atoms with Gasteiger partial charge >= 0.3 is 5.69 Å². The summed E-state index contributed by atoms with van der Waals surface area (Å²) in [7, 11) is 0. The van der Waals surface area contributed by atoms with Gasteiger partial charge in [-0.25, -0.2) is 4.79 Å². The average Bonchev–Trinajstić information content (AvgIpc) is 3.31. The lowest BCUT2D eigenvalue weighted by molar-refractivity contribution is -0.120. The molecule has 1 amide bonds. The number of halogens is 1. The molecule has 0 radical (unpaired) electrons. The van der Waals surface area contributed by atoms with Crippen molar-refractivity contribution < 1.29 is 4.79 Å². The summed E-state index contributed by atoms with van der Waals surface area (Å²) in [5.74, 6) is -0.139. The Labute approximate surface area is 199 Å². The summed E-state index contributed by atoms with van der Waals surface area (Å²) >= 11 is 6.32. The van der Waals surface area contributed by atoms with Gasteiger partial charge < -0.3 is 10.6 Å². The van der Waals surface area contributed by atoms with Crippen molar-refractivity contribution in [3.05, 3.63) is 55.7 Å². The third-order valence-electron chi connectivity index (χ3n) is 6.31. The number of nitrogens with one attached hydrogen (secondary N) is 1. The predicted octanol–water partition coefficient (Wildman–Crippen LogP) is 3.37. The lowest BCUT2D eigenvalue weighted by atomic mass is 10.1. The second-order valence-electron chi connectivity index (χ2n) is 8.60. The zero-order chi connectivity index (χ0) is 24.0. The smallest absolute Gasteiger partial charge is 0.330 e. The molecular formula is C24H34ClN5O3. The first kappa shape index (κ1) is 25.1. The van der Waals surface area contributed by atoms with E-state index in [-0.39, 0.29) is 30.0 Å². The zero-order valence-electron chi connectivity index (χ0n) is 19.5. The standard InChI is InChI=1S/C24H34ClN5O3/c1-3-5-14-29-22(26)21(23(32)27-24(29)33)30(18-11-7-8-12-18)20(31)16-28(4-2)15-17-10-6-9-13-19(17)25/h6,9-10,13,18H,3-5,7-8,11-12,14-16,26H2,1-2H3,(H,27,32,33). The molecule has 1 aliphatic carbocycles. The molecule has 1 aromatic heterocycles. The van der Waals surface area contributed by atoms with Crippen molar-refractivity contribution in [3.63, 3.8) is 0 Å². The number of H-pyrrole nitrogens is 1. The van der Waals surface area contributed by atoms with Gasteiger partial charge in [-0.15, -0.1) is 0 Å². The molecule has 8 nitrogen and oxygen atoms in total. The van der Waals surface area contributed by atoms with Gasteiger partial charge in [0.1, 0.15) is 5.82 Å². The second-order valence-corrected chi connectivity index (χ2v) is 9.00. The van der Waals surface area contributed by atoms with E-state index in [9.17, 15) is 14.4 Å². The number of aromatic amines is 1. The second kappa shape index (κ2) is 11.5. The van der Waals surface area contributed by atoms with Crippen LogP contribution in [0.1, 0.15) is 57.9 Å². The molecule has 3 rings (SSSR count). The minimum absolute atomic E-state index is 0.0617. The van der Waals surface area contributed by atoms with Gasteiger partial charge in [-0.3, -0.25) is 24.0 Å². The van der Waals surface area contributed by atoms with E-state index in [0.29, 0.717) is 24.7 Å². The number of nitrogens with two attached hydrogens (primary N) is 1. The van der Waals surface area contributed by atoms with Crippen molar-refractivity contribution in [1.82, 2.24) is 14.5 Å². The number of benzene rings is 1. The van der Waals surface area contributed by atoms with Crippen molar-refractivity contribution in [2.45, 2.75) is 71.5 Å². The van der Waals surface area contributed by atoms with Gasteiger partial charge in [-0.05, 0) is 37.4 Å². The lowest BCUT2D eigenvalue weighted by Gasteiger charge is -2.32. The molecule has 33 heavy (non-hydrogen) atoms. The highest BCUT2D eigenvalue weighted by Gasteiger charge is 2.33. The maximum Gasteiger partial charge on any atom is 0.330 e. The van der Waals surface area contributed by atoms with Crippen molar-refractivity contribution in [3.8, 4) is 0 Å². The van der Waals surface area contributed by atoms with Crippen LogP contribution in [0.25, 0.3) is 0 Å². The summed E-state index contributed by atoms with van der Waals surface area (Å²) in [6.45, 7) is 5.66. The fraction of sp³-hybridized carbons (Fsp3) is 0.542. The topological polar surface area (TPSA) is 104 Å². The van der Waals surface area contributed by atoms with Crippen LogP contribution in [0.5, 0.6) is 0 Å². The van der Waals surface area contributed by atoms with E-state index in [1.54, 1.807) is 4.90 Å². The maximum absolute atomic E-state index is 13.6. The van der Waals surface area contributed by atoms with Crippen LogP contribution in [0.3, 0.4) is 0 Å². The fourth-order valence-electron chi connectivity index (χ4n) is 4.44. The van der Waals surface area contributed by atoms with Crippen molar-refractivity contribution in [1.29, 1.82) is 0 Å². The van der Waals surface area contributed by atoms with Gasteiger partial charge in [0.25, 0.3) is 5.56 Å². The average molecular weight is 476 g/mol. The monoisotopic (exact) mass is 475 g/mol. The fourth-order valence-corrected chi connectivity index (χ4v) is 4.63. The number of unbranched alkanes of at least 4 members (excludes halogenated alkanes) is 1. The Morgan fingerprint density at radius 3 is 2.55 bits per heavy atom. The molecule has 0 unspecified atom stereocenters. The highest BCUT2D eigenvalue weighted by atomic mass is 35.5. The normalized spacial score (nSPS) is 14.2. The van der Waals surface area contributed by atoms with E-state index in [4.69, 9.17) is 17.3 Å². The van der Waals surface area contributed by atoms with Crippen LogP contribution in [-0.4, -0.2) is 39.5 Å². The zero-order valence-corrected chi connectivity index (χ0v) is 20.2. The first-order valence-corrected chi connectivity index (χ1v) is 12.2. The predicted molar refractivity (Wildman–Crippen MR) is 133 cm³/mol. The van der Waals surface area contributed by atoms with E-state index in [0.717, 1.165) is 44.1 Å². The molecule has 1 heterocycles. The number of likely N-dealkylation sites (N-methyl/N-ethyl adjacent to an activating group) is 1. The number of amides is 1. The Hall–Kier alpha value is -2.58. The van der Waals surface area contributed by atoms with Crippen LogP contribution in [0.4, 0.5) is 11.5 Å². The van der Waals surface area contributed by atoms with E-state index in [1.807, 2.05) is 43.0 Å². The van der Waals surface area contributed by atoms with E-state index in [2.05, 4.69) is 4.98 Å². The Morgan fingerprint density at radius 2 is 1.91 bits per heavy atom. The third-order valence-corrected chi connectivity index (χ3v) is 6.68. The van der Waals surface area contributed by atoms with Crippen molar-refractivity contribution in [2.75, 3.05) is 23.7 Å². The minimum atomic E-state index is -0.611. The molecule has 1 saturated carbocycles. The molecule has 0 spiro atoms. The van der Waals surface area contributed by atoms with Crippen LogP contribution in [-0.2, 0) is 17.9 Å². The minimum Gasteiger partial charge on any atom is -0.383 e. The molecule has 0 aliphatic heterocycles. The van der Waals surface area contributed by atoms with Gasteiger partial charge in [0.15, 0.2) is 5.69 Å². The molecule has 1 aliphatic rings. The summed E-state index contributed by atoms with van der Waals surface area (Å²) in [6, 6.07) is 7.45. The SMILES string of the molecule is CCCCn1c(N)c(N(C(=O)CN(CC)Cc2ccccc2Cl)C2CCCC2)c(=O)[nH]c1=O. The maximum atomic E-state index is 13.6. The summed E-state index contributed by atoms with van der Waals surface area (Å²) in [5.41, 5.74) is 6.24. The summed E-state index contributed by atoms with van der Waals surface area (Å²) < 4.78 is 1.37. The number of carbonyl (C=O) groups excluding carboxylic acids is 1. The molecule has 3 N–H and O–H groups in total. The molecule has 1 fully saturated rings. The van der Waals surface area contributed by atoms with E-state index in [1.165, 1.54) is 4.57 Å². The van der Waals surface area contributed by atoms with Crippen LogP contribution in [0.15, 0.2) is 33.9 Å². The number of aromatic nitrogens is 2. The van der Waals surface area contributed by atoms with Crippen LogP contribution in [0.2, 0.25) is 5.02 Å². The number of carbonyl (C=O) groups is 1. The van der Waals surface area contributed by atoms with Gasteiger partial charge in [-0.2, -0.15) is 0 Å². The van der Waals surface area contributed by atoms with Crippen LogP contribution >= 0.6 is 11.6 Å².